The lowest BCUT2D eigenvalue weighted by Gasteiger charge is -2.42. The maximum absolute atomic E-state index is 13.8. The molecule has 4 aromatic rings. The van der Waals surface area contributed by atoms with Crippen molar-refractivity contribution in [3.8, 4) is 22.9 Å². The molecule has 0 N–H and O–H groups in total. The first-order valence-corrected chi connectivity index (χ1v) is 24.5. The molecule has 1 aromatic heterocycles. The monoisotopic (exact) mass is 926 g/mol. The second kappa shape index (κ2) is 18.4. The highest BCUT2D eigenvalue weighted by atomic mass is 28.4. The van der Waals surface area contributed by atoms with Crippen LogP contribution in [-0.2, 0) is 11.3 Å². The Morgan fingerprint density at radius 2 is 1.53 bits per heavy atom. The molecule has 3 aromatic carbocycles. The van der Waals surface area contributed by atoms with E-state index in [1.54, 1.807) is 76.4 Å². The third-order valence-corrected chi connectivity index (χ3v) is 18.8. The van der Waals surface area contributed by atoms with E-state index in [9.17, 15) is 28.0 Å². The number of amides is 1. The van der Waals surface area contributed by atoms with E-state index in [1.807, 2.05) is 38.1 Å². The maximum atomic E-state index is 13.8. The molecule has 3 aliphatic rings. The zero-order chi connectivity index (χ0) is 48.8. The minimum Gasteiger partial charge on any atom is -0.543 e. The summed E-state index contributed by atoms with van der Waals surface area (Å²) in [5.41, 5.74) is 1.46. The van der Waals surface area contributed by atoms with E-state index in [4.69, 9.17) is 18.6 Å². The van der Waals surface area contributed by atoms with Crippen molar-refractivity contribution in [3.63, 3.8) is 0 Å². The zero-order valence-electron chi connectivity index (χ0n) is 40.5. The summed E-state index contributed by atoms with van der Waals surface area (Å²) >= 11 is 0. The molecule has 0 saturated carbocycles. The Bertz CT molecular complexity index is 2680. The average molecular weight is 927 g/mol. The highest BCUT2D eigenvalue weighted by Gasteiger charge is 2.48. The second-order valence-corrected chi connectivity index (χ2v) is 25.0. The first-order chi connectivity index (χ1) is 30.9. The predicted molar refractivity (Wildman–Crippen MR) is 258 cm³/mol. The van der Waals surface area contributed by atoms with Gasteiger partial charge in [0.05, 0.1) is 17.9 Å². The molecule has 354 valence electrons. The Labute approximate surface area is 387 Å². The number of carbonyl (C=O) groups excluding carboxylic acids is 2. The summed E-state index contributed by atoms with van der Waals surface area (Å²) in [6.07, 6.45) is 4.63. The molecule has 12 nitrogen and oxygen atoms in total. The molecule has 0 radical (unpaired) electrons. The van der Waals surface area contributed by atoms with Crippen LogP contribution in [0.3, 0.4) is 0 Å². The quantitative estimate of drug-likeness (QED) is 0.0828. The molecular formula is C51H64F2N4O8Si. The molecule has 0 aliphatic carbocycles. The standard InChI is InChI=1S/C29H32N4O6.C22H32F2O2Si/c1-17(34)18-8-10-19(11-9-18)32-25(35)31-15-14-22-24(33(31)26(32)36)21-13-12-20(16-23(21)38-29(22,5)6)30(7)27(37)39-28(2,3)4;1-8-19-11-18-9-10-20(12-21(18)25-22(19,13-23)14-24)26-27(15(2)3,16(4)5)17(6)7/h8-14,16,24H,15H2,1-7H3;8-12,15-17H,1,13-14H2,2-7H3. The highest BCUT2D eigenvalue weighted by molar-refractivity contribution is 6.78. The van der Waals surface area contributed by atoms with Crippen molar-refractivity contribution >= 4 is 32.0 Å². The van der Waals surface area contributed by atoms with Crippen LogP contribution in [0.5, 0.6) is 17.2 Å². The number of halogens is 2. The highest BCUT2D eigenvalue weighted by Crippen LogP contribution is 2.48. The molecule has 0 saturated heterocycles. The van der Waals surface area contributed by atoms with E-state index in [0.29, 0.717) is 61.9 Å². The summed E-state index contributed by atoms with van der Waals surface area (Å²) in [6, 6.07) is 16.7. The van der Waals surface area contributed by atoms with Gasteiger partial charge < -0.3 is 18.6 Å². The van der Waals surface area contributed by atoms with Crippen LogP contribution in [0.1, 0.15) is 111 Å². The number of fused-ring (bicyclic) bond motifs is 6. The van der Waals surface area contributed by atoms with E-state index < -0.39 is 62.0 Å². The van der Waals surface area contributed by atoms with Crippen molar-refractivity contribution in [1.82, 2.24) is 13.9 Å². The van der Waals surface area contributed by atoms with Gasteiger partial charge in [-0.1, -0.05) is 66.3 Å². The molecule has 0 spiro atoms. The summed E-state index contributed by atoms with van der Waals surface area (Å²) in [7, 11) is -0.501. The number of rotatable bonds is 11. The molecular weight excluding hydrogens is 863 g/mol. The lowest BCUT2D eigenvalue weighted by atomic mass is 9.83. The number of hydrogen-bond donors (Lipinski definition) is 0. The van der Waals surface area contributed by atoms with Crippen LogP contribution in [0.25, 0.3) is 11.8 Å². The predicted octanol–water partition coefficient (Wildman–Crippen LogP) is 11.0. The van der Waals surface area contributed by atoms with Crippen molar-refractivity contribution < 1.29 is 37.0 Å². The van der Waals surface area contributed by atoms with Crippen LogP contribution < -0.4 is 30.2 Å². The van der Waals surface area contributed by atoms with E-state index in [0.717, 1.165) is 15.7 Å². The number of aromatic nitrogens is 3. The van der Waals surface area contributed by atoms with Crippen LogP contribution in [0.2, 0.25) is 16.6 Å². The van der Waals surface area contributed by atoms with Gasteiger partial charge in [0.25, 0.3) is 8.32 Å². The van der Waals surface area contributed by atoms with Crippen molar-refractivity contribution in [2.24, 2.45) is 0 Å². The van der Waals surface area contributed by atoms with Gasteiger partial charge in [-0.3, -0.25) is 9.69 Å². The van der Waals surface area contributed by atoms with Crippen molar-refractivity contribution in [2.75, 3.05) is 25.3 Å². The van der Waals surface area contributed by atoms with Crippen molar-refractivity contribution in [3.05, 3.63) is 128 Å². The van der Waals surface area contributed by atoms with Gasteiger partial charge in [-0.25, -0.2) is 37.1 Å². The summed E-state index contributed by atoms with van der Waals surface area (Å²) in [6.45, 7) is 26.0. The molecule has 15 heteroatoms. The van der Waals surface area contributed by atoms with Crippen LogP contribution in [0.4, 0.5) is 19.3 Å². The molecule has 4 heterocycles. The fourth-order valence-electron chi connectivity index (χ4n) is 9.50. The minimum absolute atomic E-state index is 0.103. The number of hydrogen-bond acceptors (Lipinski definition) is 8. The summed E-state index contributed by atoms with van der Waals surface area (Å²) in [4.78, 5) is 53.1. The van der Waals surface area contributed by atoms with Gasteiger partial charge in [0, 0.05) is 41.4 Å². The maximum Gasteiger partial charge on any atom is 0.414 e. The molecule has 7 rings (SSSR count). The molecule has 1 amide bonds. The second-order valence-electron chi connectivity index (χ2n) is 19.7. The van der Waals surface area contributed by atoms with E-state index in [1.165, 1.54) is 27.3 Å². The normalized spacial score (nSPS) is 16.8. The van der Waals surface area contributed by atoms with Gasteiger partial charge in [0.1, 0.15) is 47.8 Å². The number of alkyl halides is 2. The Balaban J connectivity index is 0.000000234. The average Bonchev–Trinajstić information content (AvgIpc) is 3.51. The number of nitrogens with zero attached hydrogens (tertiary/aromatic N) is 4. The number of Topliss-reactive ketones (excluding diaryl/α,β-unsaturated/α-hetero) is 1. The molecule has 3 aliphatic heterocycles. The third kappa shape index (κ3) is 8.98. The number of allylic oxidation sites excluding steroid dienone is 1. The van der Waals surface area contributed by atoms with Gasteiger partial charge >= 0.3 is 17.5 Å². The van der Waals surface area contributed by atoms with Crippen LogP contribution in [0, 0.1) is 0 Å². The topological polar surface area (TPSA) is 123 Å². The Morgan fingerprint density at radius 1 is 0.909 bits per heavy atom. The third-order valence-electron chi connectivity index (χ3n) is 12.8. The van der Waals surface area contributed by atoms with Crippen molar-refractivity contribution in [1.29, 1.82) is 0 Å². The van der Waals surface area contributed by atoms with E-state index >= 15 is 0 Å². The summed E-state index contributed by atoms with van der Waals surface area (Å²) in [5, 5.41) is 0. The van der Waals surface area contributed by atoms with Gasteiger partial charge in [-0.05, 0) is 112 Å². The van der Waals surface area contributed by atoms with Crippen LogP contribution in [0.15, 0.2) is 100 Å². The smallest absolute Gasteiger partial charge is 0.414 e. The largest absolute Gasteiger partial charge is 0.543 e. The van der Waals surface area contributed by atoms with Gasteiger partial charge in [0.2, 0.25) is 0 Å². The fraction of sp³-hybridized carbons (Fsp3) is 0.451. The number of carbonyl (C=O) groups is 2. The molecule has 1 atom stereocenters. The van der Waals surface area contributed by atoms with Crippen molar-refractivity contribution in [2.45, 2.75) is 129 Å². The lowest BCUT2D eigenvalue weighted by molar-refractivity contribution is 0.0520. The number of ether oxygens (including phenoxy) is 3. The molecule has 0 bridgehead atoms. The first-order valence-electron chi connectivity index (χ1n) is 22.4. The van der Waals surface area contributed by atoms with Crippen LogP contribution in [-0.4, -0.2) is 71.3 Å². The summed E-state index contributed by atoms with van der Waals surface area (Å²) in [5.74, 6) is 1.56. The molecule has 0 fully saturated rings. The fourth-order valence-corrected chi connectivity index (χ4v) is 14.7. The Morgan fingerprint density at radius 3 is 2.08 bits per heavy atom. The van der Waals surface area contributed by atoms with E-state index in [2.05, 4.69) is 48.1 Å². The van der Waals surface area contributed by atoms with Gasteiger partial charge in [0.15, 0.2) is 11.4 Å². The summed E-state index contributed by atoms with van der Waals surface area (Å²) < 4.78 is 55.7. The Kier molecular flexibility index (Phi) is 13.8. The zero-order valence-corrected chi connectivity index (χ0v) is 41.5. The number of ketones is 1. The Hall–Kier alpha value is -5.96. The van der Waals surface area contributed by atoms with Crippen LogP contribution >= 0.6 is 0 Å². The number of benzene rings is 3. The first kappa shape index (κ1) is 49.5. The van der Waals surface area contributed by atoms with Gasteiger partial charge in [-0.15, -0.1) is 0 Å². The number of anilines is 1. The SMILES string of the molecule is C=CC1=Cc2ccc(O[Si](C(C)C)(C(C)C)C(C)C)cc2OC1(CF)CF.CC(=O)c1ccc(-n2c(=O)n3n(c2=O)C2C(=CC3)C(C)(C)Oc3cc(N(C)C(=O)OC(C)(C)C)ccc32)cc1. The van der Waals surface area contributed by atoms with E-state index in [-0.39, 0.29) is 12.3 Å². The molecule has 66 heavy (non-hydrogen) atoms. The molecule has 1 unspecified atom stereocenters. The van der Waals surface area contributed by atoms with Gasteiger partial charge in [-0.2, -0.15) is 0 Å². The lowest BCUT2D eigenvalue weighted by Crippen LogP contribution is -2.50. The minimum atomic E-state index is -2.12.